The van der Waals surface area contributed by atoms with E-state index in [1.165, 1.54) is 12.1 Å². The Balaban J connectivity index is 2.43. The molecular formula is C16H25NO5S. The molecule has 1 atom stereocenters. The van der Waals surface area contributed by atoms with E-state index < -0.39 is 21.8 Å². The molecule has 6 nitrogen and oxygen atoms in total. The lowest BCUT2D eigenvalue weighted by atomic mass is 10.2. The number of amides is 1. The second-order valence-corrected chi connectivity index (χ2v) is 8.04. The summed E-state index contributed by atoms with van der Waals surface area (Å²) >= 11 is 0. The van der Waals surface area contributed by atoms with Crippen molar-refractivity contribution in [1.82, 2.24) is 5.32 Å². The number of benzene rings is 1. The topological polar surface area (TPSA) is 81.7 Å². The quantitative estimate of drug-likeness (QED) is 0.803. The molecule has 0 saturated heterocycles. The molecule has 0 bridgehead atoms. The zero-order valence-electron chi connectivity index (χ0n) is 14.3. The molecule has 23 heavy (non-hydrogen) atoms. The third-order valence-electron chi connectivity index (χ3n) is 2.86. The largest absolute Gasteiger partial charge is 0.444 e. The molecule has 0 aliphatic rings. The molecule has 0 spiro atoms. The minimum atomic E-state index is -3.77. The second-order valence-electron chi connectivity index (χ2n) is 6.43. The Labute approximate surface area is 138 Å². The lowest BCUT2D eigenvalue weighted by Gasteiger charge is -2.21. The predicted molar refractivity (Wildman–Crippen MR) is 87.8 cm³/mol. The van der Waals surface area contributed by atoms with Gasteiger partial charge in [0.25, 0.3) is 10.1 Å². The molecule has 0 aliphatic carbocycles. The summed E-state index contributed by atoms with van der Waals surface area (Å²) in [6.45, 7) is 8.93. The first kappa shape index (κ1) is 19.4. The molecule has 0 saturated carbocycles. The summed E-state index contributed by atoms with van der Waals surface area (Å²) in [5, 5.41) is 2.63. The predicted octanol–water partition coefficient (Wildman–Crippen LogP) is 3.00. The fourth-order valence-corrected chi connectivity index (χ4v) is 2.61. The Morgan fingerprint density at radius 1 is 1.22 bits per heavy atom. The highest BCUT2D eigenvalue weighted by Gasteiger charge is 2.19. The van der Waals surface area contributed by atoms with Crippen LogP contribution in [-0.2, 0) is 19.0 Å². The monoisotopic (exact) mass is 343 g/mol. The highest BCUT2D eigenvalue weighted by Crippen LogP contribution is 2.14. The third-order valence-corrected chi connectivity index (χ3v) is 4.19. The van der Waals surface area contributed by atoms with Crippen molar-refractivity contribution in [1.29, 1.82) is 0 Å². The Hall–Kier alpha value is -1.60. The molecule has 1 amide bonds. The number of ether oxygens (including phenoxy) is 1. The molecule has 1 N–H and O–H groups in total. The van der Waals surface area contributed by atoms with Crippen LogP contribution in [0.1, 0.15) is 39.7 Å². The molecule has 7 heteroatoms. The van der Waals surface area contributed by atoms with Crippen molar-refractivity contribution in [3.8, 4) is 0 Å². The number of nitrogens with one attached hydrogen (secondary N) is 1. The van der Waals surface area contributed by atoms with Crippen LogP contribution in [0.25, 0.3) is 0 Å². The van der Waals surface area contributed by atoms with E-state index in [1.54, 1.807) is 39.8 Å². The molecule has 0 aliphatic heterocycles. The number of carbonyl (C=O) groups is 1. The Morgan fingerprint density at radius 3 is 2.30 bits per heavy atom. The summed E-state index contributed by atoms with van der Waals surface area (Å²) < 4.78 is 34.1. The van der Waals surface area contributed by atoms with Crippen molar-refractivity contribution in [2.75, 3.05) is 6.61 Å². The average molecular weight is 343 g/mol. The Bertz CT molecular complexity index is 617. The Morgan fingerprint density at radius 2 is 1.78 bits per heavy atom. The minimum absolute atomic E-state index is 0.0207. The van der Waals surface area contributed by atoms with Crippen LogP contribution >= 0.6 is 0 Å². The highest BCUT2D eigenvalue weighted by molar-refractivity contribution is 7.86. The summed E-state index contributed by atoms with van der Waals surface area (Å²) in [7, 11) is -3.77. The third kappa shape index (κ3) is 7.47. The van der Waals surface area contributed by atoms with Gasteiger partial charge in [0, 0.05) is 6.04 Å². The molecule has 0 fully saturated rings. The fraction of sp³-hybridized carbons (Fsp3) is 0.562. The standard InChI is InChI=1S/C16H25NO5S/c1-12-6-8-14(9-7-12)23(19,20)21-11-10-13(2)17-15(18)22-16(3,4)5/h6-9,13H,10-11H2,1-5H3,(H,17,18)/t13-/m1/s1. The molecule has 130 valence electrons. The van der Waals surface area contributed by atoms with Crippen molar-refractivity contribution < 1.29 is 22.1 Å². The molecule has 0 aromatic heterocycles. The van der Waals surface area contributed by atoms with Crippen LogP contribution in [0.15, 0.2) is 29.2 Å². The van der Waals surface area contributed by atoms with Gasteiger partial charge >= 0.3 is 6.09 Å². The van der Waals surface area contributed by atoms with E-state index in [4.69, 9.17) is 8.92 Å². The molecule has 0 heterocycles. The molecule has 1 aromatic rings. The zero-order valence-corrected chi connectivity index (χ0v) is 15.1. The summed E-state index contributed by atoms with van der Waals surface area (Å²) in [5.74, 6) is 0. The number of aryl methyl sites for hydroxylation is 1. The van der Waals surface area contributed by atoms with E-state index in [2.05, 4.69) is 5.32 Å². The summed E-state index contributed by atoms with van der Waals surface area (Å²) in [6.07, 6.45) is -0.184. The molecular weight excluding hydrogens is 318 g/mol. The van der Waals surface area contributed by atoms with Gasteiger partial charge in [0.2, 0.25) is 0 Å². The van der Waals surface area contributed by atoms with Crippen molar-refractivity contribution in [2.24, 2.45) is 0 Å². The van der Waals surface area contributed by atoms with Gasteiger partial charge in [-0.25, -0.2) is 4.79 Å². The number of rotatable bonds is 6. The van der Waals surface area contributed by atoms with Gasteiger partial charge in [0.15, 0.2) is 0 Å². The highest BCUT2D eigenvalue weighted by atomic mass is 32.2. The van der Waals surface area contributed by atoms with Crippen molar-refractivity contribution in [3.63, 3.8) is 0 Å². The van der Waals surface area contributed by atoms with E-state index in [0.717, 1.165) is 5.56 Å². The number of hydrogen-bond acceptors (Lipinski definition) is 5. The van der Waals surface area contributed by atoms with E-state index >= 15 is 0 Å². The van der Waals surface area contributed by atoms with Crippen LogP contribution in [0, 0.1) is 6.92 Å². The van der Waals surface area contributed by atoms with Crippen LogP contribution in [0.3, 0.4) is 0 Å². The van der Waals surface area contributed by atoms with Gasteiger partial charge in [0.05, 0.1) is 11.5 Å². The van der Waals surface area contributed by atoms with Gasteiger partial charge in [-0.3, -0.25) is 4.18 Å². The van der Waals surface area contributed by atoms with E-state index in [0.29, 0.717) is 6.42 Å². The first-order valence-corrected chi connectivity index (χ1v) is 8.86. The molecule has 0 unspecified atom stereocenters. The van der Waals surface area contributed by atoms with Crippen molar-refractivity contribution >= 4 is 16.2 Å². The number of alkyl carbamates (subject to hydrolysis) is 1. The maximum atomic E-state index is 12.0. The van der Waals surface area contributed by atoms with E-state index in [1.807, 2.05) is 6.92 Å². The maximum absolute atomic E-state index is 12.0. The van der Waals surface area contributed by atoms with Crippen molar-refractivity contribution in [2.45, 2.75) is 57.6 Å². The minimum Gasteiger partial charge on any atom is -0.444 e. The summed E-state index contributed by atoms with van der Waals surface area (Å²) in [5.41, 5.74) is 0.397. The summed E-state index contributed by atoms with van der Waals surface area (Å²) in [6, 6.07) is 6.17. The SMILES string of the molecule is Cc1ccc(S(=O)(=O)OCC[C@@H](C)NC(=O)OC(C)(C)C)cc1. The number of hydrogen-bond donors (Lipinski definition) is 1. The van der Waals surface area contributed by atoms with E-state index in [9.17, 15) is 13.2 Å². The molecule has 1 aromatic carbocycles. The van der Waals surface area contributed by atoms with Crippen LogP contribution in [0.4, 0.5) is 4.79 Å². The van der Waals surface area contributed by atoms with Gasteiger partial charge in [-0.05, 0) is 53.2 Å². The van der Waals surface area contributed by atoms with Gasteiger partial charge < -0.3 is 10.1 Å². The van der Waals surface area contributed by atoms with E-state index in [-0.39, 0.29) is 17.5 Å². The smallest absolute Gasteiger partial charge is 0.407 e. The average Bonchev–Trinajstić information content (AvgIpc) is 2.36. The van der Waals surface area contributed by atoms with Crippen LogP contribution in [0.5, 0.6) is 0 Å². The lowest BCUT2D eigenvalue weighted by molar-refractivity contribution is 0.0503. The molecule has 0 radical (unpaired) electrons. The summed E-state index contributed by atoms with van der Waals surface area (Å²) in [4.78, 5) is 11.7. The second kappa shape index (κ2) is 7.79. The normalized spacial score (nSPS) is 13.4. The number of carbonyl (C=O) groups excluding carboxylic acids is 1. The first-order chi connectivity index (χ1) is 10.5. The maximum Gasteiger partial charge on any atom is 0.407 e. The van der Waals surface area contributed by atoms with Gasteiger partial charge in [0.1, 0.15) is 5.60 Å². The van der Waals surface area contributed by atoms with Gasteiger partial charge in [-0.1, -0.05) is 17.7 Å². The first-order valence-electron chi connectivity index (χ1n) is 7.45. The lowest BCUT2D eigenvalue weighted by Crippen LogP contribution is -2.38. The van der Waals surface area contributed by atoms with Crippen LogP contribution < -0.4 is 5.32 Å². The zero-order chi connectivity index (χ0) is 17.7. The van der Waals surface area contributed by atoms with Crippen LogP contribution in [-0.4, -0.2) is 32.8 Å². The fourth-order valence-electron chi connectivity index (χ4n) is 1.69. The van der Waals surface area contributed by atoms with Crippen LogP contribution in [0.2, 0.25) is 0 Å². The Kier molecular flexibility index (Phi) is 6.58. The van der Waals surface area contributed by atoms with Gasteiger partial charge in [-0.2, -0.15) is 8.42 Å². The molecule has 1 rings (SSSR count). The van der Waals surface area contributed by atoms with Gasteiger partial charge in [-0.15, -0.1) is 0 Å². The van der Waals surface area contributed by atoms with Crippen molar-refractivity contribution in [3.05, 3.63) is 29.8 Å².